The van der Waals surface area contributed by atoms with Gasteiger partial charge in [-0.05, 0) is 55.6 Å². The second kappa shape index (κ2) is 7.16. The fourth-order valence-electron chi connectivity index (χ4n) is 4.06. The lowest BCUT2D eigenvalue weighted by atomic mass is 9.81. The zero-order chi connectivity index (χ0) is 16.2. The van der Waals surface area contributed by atoms with Gasteiger partial charge in [-0.25, -0.2) is 0 Å². The van der Waals surface area contributed by atoms with Crippen molar-refractivity contribution in [1.82, 2.24) is 4.90 Å². The minimum atomic E-state index is -0.741. The molecule has 4 heteroatoms. The summed E-state index contributed by atoms with van der Waals surface area (Å²) in [6, 6.07) is 8.31. The largest absolute Gasteiger partial charge is 0.481 e. The Balaban J connectivity index is 1.67. The predicted molar refractivity (Wildman–Crippen MR) is 88.3 cm³/mol. The molecule has 1 N–H and O–H groups in total. The molecular formula is C19H25NO3. The number of hydrogen-bond donors (Lipinski definition) is 1. The van der Waals surface area contributed by atoms with Crippen LogP contribution in [0.4, 0.5) is 0 Å². The molecule has 1 heterocycles. The number of nitrogens with zero attached hydrogens (tertiary/aromatic N) is 1. The number of likely N-dealkylation sites (tertiary alicyclic amines) is 1. The Hall–Kier alpha value is -1.84. The van der Waals surface area contributed by atoms with E-state index in [1.165, 1.54) is 11.1 Å². The maximum absolute atomic E-state index is 13.0. The summed E-state index contributed by atoms with van der Waals surface area (Å²) in [5.41, 5.74) is 2.52. The average molecular weight is 315 g/mol. The number of rotatable bonds is 4. The van der Waals surface area contributed by atoms with Crippen LogP contribution in [0.25, 0.3) is 0 Å². The number of carboxylic acid groups (broad SMARTS) is 1. The lowest BCUT2D eigenvalue weighted by molar-refractivity contribution is -0.137. The van der Waals surface area contributed by atoms with E-state index in [4.69, 9.17) is 5.11 Å². The van der Waals surface area contributed by atoms with E-state index in [2.05, 4.69) is 18.2 Å². The van der Waals surface area contributed by atoms with Crippen molar-refractivity contribution in [3.8, 4) is 0 Å². The summed E-state index contributed by atoms with van der Waals surface area (Å²) in [6.45, 7) is 1.55. The van der Waals surface area contributed by atoms with E-state index in [9.17, 15) is 9.59 Å². The molecule has 3 rings (SSSR count). The molecular weight excluding hydrogens is 290 g/mol. The molecule has 1 aliphatic carbocycles. The lowest BCUT2D eigenvalue weighted by Crippen LogP contribution is -2.43. The molecule has 1 fully saturated rings. The van der Waals surface area contributed by atoms with Gasteiger partial charge in [0, 0.05) is 19.5 Å². The first-order valence-electron chi connectivity index (χ1n) is 8.73. The normalized spacial score (nSPS) is 24.1. The van der Waals surface area contributed by atoms with Gasteiger partial charge in [-0.1, -0.05) is 24.3 Å². The fraction of sp³-hybridized carbons (Fsp3) is 0.579. The minimum Gasteiger partial charge on any atom is -0.481 e. The Kier molecular flexibility index (Phi) is 4.99. The van der Waals surface area contributed by atoms with Gasteiger partial charge in [0.1, 0.15) is 0 Å². The SMILES string of the molecule is O=C(O)CC[C@@H]1CCCN(C(=O)[C@@H]2CCCc3ccccc32)C1. The quantitative estimate of drug-likeness (QED) is 0.928. The first-order chi connectivity index (χ1) is 11.1. The van der Waals surface area contributed by atoms with E-state index in [1.807, 2.05) is 11.0 Å². The van der Waals surface area contributed by atoms with Gasteiger partial charge in [-0.2, -0.15) is 0 Å². The van der Waals surface area contributed by atoms with Gasteiger partial charge in [0.15, 0.2) is 0 Å². The second-order valence-electron chi connectivity index (χ2n) is 6.87. The standard InChI is InChI=1S/C19H25NO3/c21-18(22)11-10-14-5-4-12-20(13-14)19(23)17-9-3-7-15-6-1-2-8-16(15)17/h1-2,6,8,14,17H,3-5,7,9-13H2,(H,21,22)/t14-,17+/m0/s1. The summed E-state index contributed by atoms with van der Waals surface area (Å²) in [4.78, 5) is 25.8. The first kappa shape index (κ1) is 16.0. The third-order valence-corrected chi connectivity index (χ3v) is 5.26. The zero-order valence-electron chi connectivity index (χ0n) is 13.5. The van der Waals surface area contributed by atoms with Crippen molar-refractivity contribution in [2.24, 2.45) is 5.92 Å². The summed E-state index contributed by atoms with van der Waals surface area (Å²) in [6.07, 6.45) is 6.00. The maximum Gasteiger partial charge on any atom is 0.303 e. The number of aliphatic carboxylic acids is 1. The molecule has 0 spiro atoms. The van der Waals surface area contributed by atoms with Crippen LogP contribution in [-0.2, 0) is 16.0 Å². The fourth-order valence-corrected chi connectivity index (χ4v) is 4.06. The van der Waals surface area contributed by atoms with E-state index in [0.717, 1.165) is 45.2 Å². The van der Waals surface area contributed by atoms with Crippen molar-refractivity contribution >= 4 is 11.9 Å². The Morgan fingerprint density at radius 3 is 2.83 bits per heavy atom. The number of carboxylic acids is 1. The Labute approximate surface area is 137 Å². The lowest BCUT2D eigenvalue weighted by Gasteiger charge is -2.36. The Morgan fingerprint density at radius 1 is 1.17 bits per heavy atom. The molecule has 124 valence electrons. The monoisotopic (exact) mass is 315 g/mol. The van der Waals surface area contributed by atoms with Crippen molar-refractivity contribution < 1.29 is 14.7 Å². The molecule has 23 heavy (non-hydrogen) atoms. The van der Waals surface area contributed by atoms with E-state index >= 15 is 0 Å². The number of carbonyl (C=O) groups is 2. The van der Waals surface area contributed by atoms with E-state index in [1.54, 1.807) is 0 Å². The highest BCUT2D eigenvalue weighted by Gasteiger charge is 2.32. The number of fused-ring (bicyclic) bond motifs is 1. The van der Waals surface area contributed by atoms with E-state index < -0.39 is 5.97 Å². The number of amides is 1. The summed E-state index contributed by atoms with van der Waals surface area (Å²) in [5.74, 6) is -0.160. The van der Waals surface area contributed by atoms with Crippen LogP contribution in [0.1, 0.15) is 55.6 Å². The zero-order valence-corrected chi connectivity index (χ0v) is 13.5. The van der Waals surface area contributed by atoms with Gasteiger partial charge in [-0.15, -0.1) is 0 Å². The van der Waals surface area contributed by atoms with Crippen molar-refractivity contribution in [3.05, 3.63) is 35.4 Å². The third-order valence-electron chi connectivity index (χ3n) is 5.26. The molecule has 0 unspecified atom stereocenters. The Morgan fingerprint density at radius 2 is 2.00 bits per heavy atom. The highest BCUT2D eigenvalue weighted by Crippen LogP contribution is 2.34. The molecule has 1 saturated heterocycles. The van der Waals surface area contributed by atoms with Gasteiger partial charge in [0.25, 0.3) is 0 Å². The highest BCUT2D eigenvalue weighted by molar-refractivity contribution is 5.84. The van der Waals surface area contributed by atoms with Gasteiger partial charge in [0.2, 0.25) is 5.91 Å². The maximum atomic E-state index is 13.0. The van der Waals surface area contributed by atoms with Crippen LogP contribution < -0.4 is 0 Å². The molecule has 1 aromatic rings. The van der Waals surface area contributed by atoms with Crippen LogP contribution in [0, 0.1) is 5.92 Å². The molecule has 1 amide bonds. The van der Waals surface area contributed by atoms with Crippen molar-refractivity contribution in [2.75, 3.05) is 13.1 Å². The first-order valence-corrected chi connectivity index (χ1v) is 8.73. The molecule has 0 radical (unpaired) electrons. The van der Waals surface area contributed by atoms with Gasteiger partial charge < -0.3 is 10.0 Å². The van der Waals surface area contributed by atoms with E-state index in [-0.39, 0.29) is 18.2 Å². The molecule has 1 aromatic carbocycles. The number of carbonyl (C=O) groups excluding carboxylic acids is 1. The van der Waals surface area contributed by atoms with Crippen LogP contribution in [0.5, 0.6) is 0 Å². The highest BCUT2D eigenvalue weighted by atomic mass is 16.4. The van der Waals surface area contributed by atoms with Crippen molar-refractivity contribution in [3.63, 3.8) is 0 Å². The van der Waals surface area contributed by atoms with Gasteiger partial charge >= 0.3 is 5.97 Å². The Bertz CT molecular complexity index is 584. The average Bonchev–Trinajstić information content (AvgIpc) is 2.59. The second-order valence-corrected chi connectivity index (χ2v) is 6.87. The molecule has 2 atom stereocenters. The van der Waals surface area contributed by atoms with Crippen molar-refractivity contribution in [1.29, 1.82) is 0 Å². The number of benzene rings is 1. The minimum absolute atomic E-state index is 0.00169. The van der Waals surface area contributed by atoms with Crippen LogP contribution >= 0.6 is 0 Å². The van der Waals surface area contributed by atoms with Crippen LogP contribution in [0.2, 0.25) is 0 Å². The summed E-state index contributed by atoms with van der Waals surface area (Å²) < 4.78 is 0. The summed E-state index contributed by atoms with van der Waals surface area (Å²) in [5, 5.41) is 8.85. The summed E-state index contributed by atoms with van der Waals surface area (Å²) >= 11 is 0. The summed E-state index contributed by atoms with van der Waals surface area (Å²) in [7, 11) is 0. The molecule has 4 nitrogen and oxygen atoms in total. The number of piperidine rings is 1. The van der Waals surface area contributed by atoms with Crippen LogP contribution in [-0.4, -0.2) is 35.0 Å². The van der Waals surface area contributed by atoms with Crippen LogP contribution in [0.3, 0.4) is 0 Å². The number of hydrogen-bond acceptors (Lipinski definition) is 2. The molecule has 2 aliphatic rings. The number of aryl methyl sites for hydroxylation is 1. The molecule has 0 aromatic heterocycles. The molecule has 0 bridgehead atoms. The van der Waals surface area contributed by atoms with Gasteiger partial charge in [0.05, 0.1) is 5.92 Å². The van der Waals surface area contributed by atoms with Crippen LogP contribution in [0.15, 0.2) is 24.3 Å². The molecule has 0 saturated carbocycles. The smallest absolute Gasteiger partial charge is 0.303 e. The topological polar surface area (TPSA) is 57.6 Å². The van der Waals surface area contributed by atoms with Gasteiger partial charge in [-0.3, -0.25) is 9.59 Å². The predicted octanol–water partition coefficient (Wildman–Crippen LogP) is 3.21. The van der Waals surface area contributed by atoms with Crippen molar-refractivity contribution in [2.45, 2.75) is 50.9 Å². The third kappa shape index (κ3) is 3.74. The molecule has 1 aliphatic heterocycles. The van der Waals surface area contributed by atoms with E-state index in [0.29, 0.717) is 12.3 Å².